The third-order valence-corrected chi connectivity index (χ3v) is 7.49. The van der Waals surface area contributed by atoms with Crippen molar-refractivity contribution in [3.05, 3.63) is 39.8 Å². The lowest BCUT2D eigenvalue weighted by Gasteiger charge is -2.44. The molecular weight excluding hydrogens is 511 g/mol. The summed E-state index contributed by atoms with van der Waals surface area (Å²) in [5, 5.41) is 41.3. The van der Waals surface area contributed by atoms with Crippen molar-refractivity contribution in [2.24, 2.45) is 0 Å². The molecule has 4 rings (SSSR count). The zero-order valence-electron chi connectivity index (χ0n) is 17.6. The van der Waals surface area contributed by atoms with Gasteiger partial charge in [-0.1, -0.05) is 51.5 Å². The number of rotatable bonds is 7. The standard InChI is InChI=1S/C20H22Cl2N4O5S2/c1-9(2)30-18-16(26-6-13(24-25-26)14-8-32-20(29)23-14)17(28)15(7-27)31-19(18)33-10-3-4-11(21)12(22)5-10/h3-6,8-9,15-19,27-28H,7H2,1-2H3,(H,23,29)/t15?,16?,17-,18?,19+/m0/s1. The van der Waals surface area contributed by atoms with Gasteiger partial charge in [0.25, 0.3) is 5.19 Å². The second-order valence-corrected chi connectivity index (χ2v) is 10.5. The van der Waals surface area contributed by atoms with Crippen LogP contribution in [-0.4, -0.2) is 71.8 Å². The van der Waals surface area contributed by atoms with E-state index in [0.717, 1.165) is 16.2 Å². The topological polar surface area (TPSA) is 123 Å². The summed E-state index contributed by atoms with van der Waals surface area (Å²) >= 11 is 14.6. The van der Waals surface area contributed by atoms with E-state index >= 15 is 0 Å². The lowest BCUT2D eigenvalue weighted by molar-refractivity contribution is -0.201. The van der Waals surface area contributed by atoms with Gasteiger partial charge in [0, 0.05) is 10.3 Å². The van der Waals surface area contributed by atoms with Crippen molar-refractivity contribution in [3.8, 4) is 16.6 Å². The zero-order chi connectivity index (χ0) is 23.7. The van der Waals surface area contributed by atoms with Gasteiger partial charge in [-0.25, -0.2) is 9.67 Å². The Labute approximate surface area is 208 Å². The molecule has 2 aromatic heterocycles. The second kappa shape index (κ2) is 10.4. The molecular formula is C20H22Cl2N4O5S2. The van der Waals surface area contributed by atoms with E-state index in [-0.39, 0.29) is 11.3 Å². The molecule has 0 bridgehead atoms. The first-order valence-electron chi connectivity index (χ1n) is 10.0. The molecule has 3 N–H and O–H groups in total. The molecule has 5 atom stereocenters. The predicted octanol–water partition coefficient (Wildman–Crippen LogP) is 3.62. The lowest BCUT2D eigenvalue weighted by Crippen LogP contribution is -2.56. The summed E-state index contributed by atoms with van der Waals surface area (Å²) < 4.78 is 13.7. The minimum Gasteiger partial charge on any atom is -0.486 e. The van der Waals surface area contributed by atoms with Gasteiger partial charge in [0.1, 0.15) is 41.2 Å². The molecule has 0 amide bonds. The maximum Gasteiger partial charge on any atom is 0.271 e. The monoisotopic (exact) mass is 532 g/mol. The van der Waals surface area contributed by atoms with E-state index in [1.807, 2.05) is 19.9 Å². The van der Waals surface area contributed by atoms with Crippen LogP contribution in [0.3, 0.4) is 0 Å². The highest BCUT2D eigenvalue weighted by Gasteiger charge is 2.48. The van der Waals surface area contributed by atoms with Gasteiger partial charge in [0.05, 0.1) is 29.0 Å². The number of ether oxygens (including phenoxy) is 2. The molecule has 0 spiro atoms. The number of thiazole rings is 1. The largest absolute Gasteiger partial charge is 0.486 e. The summed E-state index contributed by atoms with van der Waals surface area (Å²) in [4.78, 5) is 4.80. The van der Waals surface area contributed by atoms with Crippen LogP contribution in [0.2, 0.25) is 10.0 Å². The van der Waals surface area contributed by atoms with Gasteiger partial charge in [-0.15, -0.1) is 5.10 Å². The lowest BCUT2D eigenvalue weighted by atomic mass is 9.97. The molecule has 3 heterocycles. The molecule has 1 aromatic carbocycles. The first-order chi connectivity index (χ1) is 15.8. The number of halogens is 2. The third kappa shape index (κ3) is 5.46. The number of aliphatic hydroxyl groups excluding tert-OH is 2. The summed E-state index contributed by atoms with van der Waals surface area (Å²) in [5.41, 5.74) is 0.293. The van der Waals surface area contributed by atoms with E-state index in [1.165, 1.54) is 16.4 Å². The van der Waals surface area contributed by atoms with Crippen LogP contribution in [0.4, 0.5) is 0 Å². The fourth-order valence-electron chi connectivity index (χ4n) is 3.52. The fraction of sp³-hybridized carbons (Fsp3) is 0.450. The Kier molecular flexibility index (Phi) is 7.81. The van der Waals surface area contributed by atoms with E-state index in [1.54, 1.807) is 23.7 Å². The highest BCUT2D eigenvalue weighted by molar-refractivity contribution is 7.99. The molecule has 33 heavy (non-hydrogen) atoms. The van der Waals surface area contributed by atoms with Gasteiger partial charge >= 0.3 is 0 Å². The van der Waals surface area contributed by atoms with Crippen molar-refractivity contribution in [2.75, 3.05) is 6.61 Å². The summed E-state index contributed by atoms with van der Waals surface area (Å²) in [6.45, 7) is 3.37. The molecule has 0 saturated carbocycles. The molecule has 178 valence electrons. The average molecular weight is 533 g/mol. The minimum absolute atomic E-state index is 0.0786. The average Bonchev–Trinajstić information content (AvgIpc) is 3.41. The SMILES string of the molecule is CC(C)OC1C(n2cc(-c3csc(O)n3)nn2)[C@@H](O)C(CO)O[C@@H]1Sc1ccc(Cl)c(Cl)c1. The number of hydrogen-bond acceptors (Lipinski definition) is 10. The Bertz CT molecular complexity index is 1100. The van der Waals surface area contributed by atoms with E-state index in [0.29, 0.717) is 21.4 Å². The zero-order valence-corrected chi connectivity index (χ0v) is 20.7. The van der Waals surface area contributed by atoms with Crippen molar-refractivity contribution in [1.82, 2.24) is 20.0 Å². The summed E-state index contributed by atoms with van der Waals surface area (Å²) in [6.07, 6.45) is -1.21. The number of hydrogen-bond donors (Lipinski definition) is 3. The van der Waals surface area contributed by atoms with Crippen LogP contribution in [-0.2, 0) is 9.47 Å². The fourth-order valence-corrected chi connectivity index (χ4v) is 5.59. The first kappa shape index (κ1) is 24.7. The number of aromatic hydroxyl groups is 1. The smallest absolute Gasteiger partial charge is 0.271 e. The van der Waals surface area contributed by atoms with Crippen LogP contribution in [0, 0.1) is 0 Å². The highest BCUT2D eigenvalue weighted by Crippen LogP contribution is 2.41. The van der Waals surface area contributed by atoms with E-state index in [2.05, 4.69) is 15.3 Å². The number of nitrogens with zero attached hydrogens (tertiary/aromatic N) is 4. The van der Waals surface area contributed by atoms with E-state index in [9.17, 15) is 15.3 Å². The minimum atomic E-state index is -1.12. The normalized spacial score (nSPS) is 25.6. The van der Waals surface area contributed by atoms with Crippen molar-refractivity contribution >= 4 is 46.3 Å². The number of benzene rings is 1. The van der Waals surface area contributed by atoms with Crippen LogP contribution in [0.5, 0.6) is 5.19 Å². The molecule has 3 aromatic rings. The molecule has 1 fully saturated rings. The molecule has 9 nitrogen and oxygen atoms in total. The Balaban J connectivity index is 1.69. The Hall–Kier alpha value is -1.44. The van der Waals surface area contributed by atoms with E-state index in [4.69, 9.17) is 32.7 Å². The van der Waals surface area contributed by atoms with Crippen LogP contribution in [0.25, 0.3) is 11.4 Å². The van der Waals surface area contributed by atoms with Crippen molar-refractivity contribution in [3.63, 3.8) is 0 Å². The van der Waals surface area contributed by atoms with E-state index < -0.39 is 36.4 Å². The van der Waals surface area contributed by atoms with Gasteiger partial charge in [-0.2, -0.15) is 0 Å². The maximum atomic E-state index is 11.1. The number of aromatic nitrogens is 4. The third-order valence-electron chi connectivity index (χ3n) is 4.97. The summed E-state index contributed by atoms with van der Waals surface area (Å²) in [6, 6.07) is 4.51. The summed E-state index contributed by atoms with van der Waals surface area (Å²) in [5.74, 6) is 0. The van der Waals surface area contributed by atoms with Gasteiger partial charge < -0.3 is 24.8 Å². The Morgan fingerprint density at radius 2 is 2.06 bits per heavy atom. The number of thioether (sulfide) groups is 1. The second-order valence-electron chi connectivity index (χ2n) is 7.65. The van der Waals surface area contributed by atoms with Crippen molar-refractivity contribution in [2.45, 2.75) is 54.6 Å². The molecule has 1 aliphatic heterocycles. The summed E-state index contributed by atoms with van der Waals surface area (Å²) in [7, 11) is 0. The predicted molar refractivity (Wildman–Crippen MR) is 126 cm³/mol. The molecule has 1 saturated heterocycles. The van der Waals surface area contributed by atoms with Crippen molar-refractivity contribution < 1.29 is 24.8 Å². The Morgan fingerprint density at radius 1 is 1.27 bits per heavy atom. The van der Waals surface area contributed by atoms with Gasteiger partial charge in [-0.3, -0.25) is 0 Å². The van der Waals surface area contributed by atoms with Crippen LogP contribution in [0.15, 0.2) is 34.7 Å². The molecule has 0 radical (unpaired) electrons. The van der Waals surface area contributed by atoms with Crippen molar-refractivity contribution in [1.29, 1.82) is 0 Å². The van der Waals surface area contributed by atoms with Gasteiger partial charge in [0.15, 0.2) is 0 Å². The quantitative estimate of drug-likeness (QED) is 0.418. The first-order valence-corrected chi connectivity index (χ1v) is 12.6. The van der Waals surface area contributed by atoms with Gasteiger partial charge in [-0.05, 0) is 32.0 Å². The van der Waals surface area contributed by atoms with Gasteiger partial charge in [0.2, 0.25) is 0 Å². The van der Waals surface area contributed by atoms with Crippen LogP contribution in [0.1, 0.15) is 19.9 Å². The number of aliphatic hydroxyl groups is 2. The molecule has 3 unspecified atom stereocenters. The Morgan fingerprint density at radius 3 is 2.70 bits per heavy atom. The molecule has 1 aliphatic rings. The molecule has 13 heteroatoms. The molecule has 0 aliphatic carbocycles. The maximum absolute atomic E-state index is 11.1. The van der Waals surface area contributed by atoms with Crippen LogP contribution < -0.4 is 0 Å². The van der Waals surface area contributed by atoms with Crippen LogP contribution >= 0.6 is 46.3 Å². The highest BCUT2D eigenvalue weighted by atomic mass is 35.5.